The summed E-state index contributed by atoms with van der Waals surface area (Å²) in [7, 11) is 0. The molecule has 2 aromatic rings. The van der Waals surface area contributed by atoms with E-state index in [4.69, 9.17) is 16.0 Å². The summed E-state index contributed by atoms with van der Waals surface area (Å²) < 4.78 is 5.59. The molecule has 0 spiro atoms. The fourth-order valence-electron chi connectivity index (χ4n) is 1.56. The largest absolute Gasteiger partial charge is 0.421 e. The van der Waals surface area contributed by atoms with E-state index >= 15 is 0 Å². The van der Waals surface area contributed by atoms with Gasteiger partial charge in [0, 0.05) is 30.9 Å². The zero-order chi connectivity index (χ0) is 13.9. The van der Waals surface area contributed by atoms with Crippen LogP contribution in [0.3, 0.4) is 0 Å². The molecule has 0 atom stereocenters. The molecule has 0 aliphatic heterocycles. The van der Waals surface area contributed by atoms with Crippen LogP contribution in [0.1, 0.15) is 26.7 Å². The van der Waals surface area contributed by atoms with E-state index in [0.717, 1.165) is 6.54 Å². The molecule has 0 aromatic carbocycles. The lowest BCUT2D eigenvalue weighted by Crippen LogP contribution is -2.37. The van der Waals surface area contributed by atoms with Crippen molar-refractivity contribution in [1.29, 1.82) is 0 Å². The van der Waals surface area contributed by atoms with Gasteiger partial charge in [-0.05, 0) is 26.8 Å². The Labute approximate surface area is 117 Å². The summed E-state index contributed by atoms with van der Waals surface area (Å²) in [4.78, 5) is 3.92. The summed E-state index contributed by atoms with van der Waals surface area (Å²) in [5.74, 6) is 1.03. The van der Waals surface area contributed by atoms with Crippen molar-refractivity contribution in [2.75, 3.05) is 6.54 Å². The lowest BCUT2D eigenvalue weighted by Gasteiger charge is -2.19. The number of rotatable bonds is 4. The molecule has 2 heterocycles. The first-order valence-corrected chi connectivity index (χ1v) is 6.51. The Bertz CT molecular complexity index is 548. The lowest BCUT2D eigenvalue weighted by molar-refractivity contribution is 0.412. The van der Waals surface area contributed by atoms with Crippen molar-refractivity contribution < 1.29 is 4.42 Å². The fraction of sp³-hybridized carbons (Fsp3) is 0.462. The maximum Gasteiger partial charge on any atom is 0.249 e. The molecule has 1 N–H and O–H groups in total. The summed E-state index contributed by atoms with van der Waals surface area (Å²) in [6, 6.07) is 1.76. The second-order valence-electron chi connectivity index (χ2n) is 5.28. The lowest BCUT2D eigenvalue weighted by atomic mass is 10.1. The molecule has 0 aliphatic carbocycles. The minimum absolute atomic E-state index is 0.0806. The molecule has 0 radical (unpaired) electrons. The Morgan fingerprint density at radius 1 is 1.32 bits per heavy atom. The third-order valence-corrected chi connectivity index (χ3v) is 2.77. The molecule has 0 saturated carbocycles. The van der Waals surface area contributed by atoms with E-state index in [2.05, 4.69) is 41.3 Å². The highest BCUT2D eigenvalue weighted by atomic mass is 35.5. The zero-order valence-electron chi connectivity index (χ0n) is 11.3. The summed E-state index contributed by atoms with van der Waals surface area (Å²) in [6.45, 7) is 7.13. The van der Waals surface area contributed by atoms with Crippen molar-refractivity contribution in [2.24, 2.45) is 0 Å². The first kappa shape index (κ1) is 14.0. The number of pyridine rings is 1. The molecule has 102 valence electrons. The minimum atomic E-state index is 0.0806. The second kappa shape index (κ2) is 5.67. The van der Waals surface area contributed by atoms with E-state index in [9.17, 15) is 0 Å². The average molecular weight is 281 g/mol. The van der Waals surface area contributed by atoms with Crippen molar-refractivity contribution in [3.8, 4) is 11.5 Å². The van der Waals surface area contributed by atoms with Crippen LogP contribution in [0, 0.1) is 0 Å². The van der Waals surface area contributed by atoms with Gasteiger partial charge >= 0.3 is 0 Å². The quantitative estimate of drug-likeness (QED) is 0.933. The van der Waals surface area contributed by atoms with Gasteiger partial charge in [0.15, 0.2) is 0 Å². The van der Waals surface area contributed by atoms with Crippen LogP contribution < -0.4 is 5.32 Å². The molecule has 0 aliphatic rings. The van der Waals surface area contributed by atoms with Crippen LogP contribution in [0.15, 0.2) is 22.9 Å². The summed E-state index contributed by atoms with van der Waals surface area (Å²) in [6.07, 6.45) is 3.89. The Balaban J connectivity index is 2.02. The summed E-state index contributed by atoms with van der Waals surface area (Å²) >= 11 is 6.03. The monoisotopic (exact) mass is 280 g/mol. The van der Waals surface area contributed by atoms with Gasteiger partial charge in [-0.2, -0.15) is 0 Å². The van der Waals surface area contributed by atoms with Crippen LogP contribution >= 0.6 is 11.6 Å². The molecule has 0 amide bonds. The molecule has 0 fully saturated rings. The number of nitrogens with one attached hydrogen (secondary N) is 1. The van der Waals surface area contributed by atoms with Crippen molar-refractivity contribution in [1.82, 2.24) is 20.5 Å². The van der Waals surface area contributed by atoms with Crippen LogP contribution in [0.5, 0.6) is 0 Å². The van der Waals surface area contributed by atoms with Gasteiger partial charge in [-0.25, -0.2) is 0 Å². The number of halogens is 1. The van der Waals surface area contributed by atoms with Gasteiger partial charge in [0.2, 0.25) is 11.8 Å². The molecule has 19 heavy (non-hydrogen) atoms. The fourth-order valence-corrected chi connectivity index (χ4v) is 1.76. The van der Waals surface area contributed by atoms with Crippen molar-refractivity contribution in [3.05, 3.63) is 29.4 Å². The first-order chi connectivity index (χ1) is 8.96. The van der Waals surface area contributed by atoms with Gasteiger partial charge in [-0.1, -0.05) is 11.6 Å². The Morgan fingerprint density at radius 3 is 2.79 bits per heavy atom. The first-order valence-electron chi connectivity index (χ1n) is 6.13. The standard InChI is InChI=1S/C13H17ClN4O/c1-13(2,3)16-7-5-11-17-18-12(19-11)9-4-6-15-8-10(9)14/h4,6,8,16H,5,7H2,1-3H3. The van der Waals surface area contributed by atoms with Gasteiger partial charge in [0.25, 0.3) is 0 Å². The van der Waals surface area contributed by atoms with Crippen LogP contribution in [0.4, 0.5) is 0 Å². The number of aromatic nitrogens is 3. The van der Waals surface area contributed by atoms with Crippen LogP contribution in [0.25, 0.3) is 11.5 Å². The molecule has 2 aromatic heterocycles. The van der Waals surface area contributed by atoms with Gasteiger partial charge in [-0.3, -0.25) is 4.98 Å². The van der Waals surface area contributed by atoms with E-state index in [0.29, 0.717) is 28.8 Å². The van der Waals surface area contributed by atoms with Gasteiger partial charge in [0.1, 0.15) is 0 Å². The smallest absolute Gasteiger partial charge is 0.249 e. The third kappa shape index (κ3) is 4.01. The average Bonchev–Trinajstić information content (AvgIpc) is 2.76. The van der Waals surface area contributed by atoms with Crippen molar-refractivity contribution in [3.63, 3.8) is 0 Å². The van der Waals surface area contributed by atoms with Crippen molar-refractivity contribution >= 4 is 11.6 Å². The molecular weight excluding hydrogens is 264 g/mol. The van der Waals surface area contributed by atoms with E-state index in [1.807, 2.05) is 0 Å². The normalized spacial score (nSPS) is 11.8. The molecular formula is C13H17ClN4O. The van der Waals surface area contributed by atoms with E-state index in [1.165, 1.54) is 0 Å². The van der Waals surface area contributed by atoms with E-state index in [-0.39, 0.29) is 5.54 Å². The summed E-state index contributed by atoms with van der Waals surface area (Å²) in [5.41, 5.74) is 0.788. The highest BCUT2D eigenvalue weighted by molar-refractivity contribution is 6.32. The Kier molecular flexibility index (Phi) is 4.17. The third-order valence-electron chi connectivity index (χ3n) is 2.46. The molecule has 0 bridgehead atoms. The molecule has 5 nitrogen and oxygen atoms in total. The minimum Gasteiger partial charge on any atom is -0.421 e. The van der Waals surface area contributed by atoms with Crippen molar-refractivity contribution in [2.45, 2.75) is 32.7 Å². The molecule has 6 heteroatoms. The Hall–Kier alpha value is -1.46. The van der Waals surface area contributed by atoms with Gasteiger partial charge in [0.05, 0.1) is 10.6 Å². The summed E-state index contributed by atoms with van der Waals surface area (Å²) in [5, 5.41) is 11.9. The number of hydrogen-bond acceptors (Lipinski definition) is 5. The van der Waals surface area contributed by atoms with Crippen LogP contribution in [0.2, 0.25) is 5.02 Å². The number of nitrogens with zero attached hydrogens (tertiary/aromatic N) is 3. The molecule has 0 unspecified atom stereocenters. The van der Waals surface area contributed by atoms with Gasteiger partial charge in [-0.15, -0.1) is 10.2 Å². The number of hydrogen-bond donors (Lipinski definition) is 1. The second-order valence-corrected chi connectivity index (χ2v) is 5.69. The van der Waals surface area contributed by atoms with Crippen LogP contribution in [-0.4, -0.2) is 27.3 Å². The van der Waals surface area contributed by atoms with Gasteiger partial charge < -0.3 is 9.73 Å². The highest BCUT2D eigenvalue weighted by Gasteiger charge is 2.13. The molecule has 2 rings (SSSR count). The zero-order valence-corrected chi connectivity index (χ0v) is 12.0. The highest BCUT2D eigenvalue weighted by Crippen LogP contribution is 2.25. The molecule has 0 saturated heterocycles. The SMILES string of the molecule is CC(C)(C)NCCc1nnc(-c2ccncc2Cl)o1. The van der Waals surface area contributed by atoms with E-state index in [1.54, 1.807) is 18.5 Å². The van der Waals surface area contributed by atoms with E-state index < -0.39 is 0 Å². The topological polar surface area (TPSA) is 63.8 Å². The maximum atomic E-state index is 6.03. The Morgan fingerprint density at radius 2 is 2.11 bits per heavy atom. The predicted octanol–water partition coefficient (Wildman–Crippen LogP) is 2.72. The van der Waals surface area contributed by atoms with Crippen LogP contribution in [-0.2, 0) is 6.42 Å². The maximum absolute atomic E-state index is 6.03. The predicted molar refractivity (Wildman–Crippen MR) is 74.0 cm³/mol.